The molecule has 21 heavy (non-hydrogen) atoms. The van der Waals surface area contributed by atoms with E-state index in [1.165, 1.54) is 6.42 Å². The van der Waals surface area contributed by atoms with Gasteiger partial charge in [-0.05, 0) is 24.3 Å². The van der Waals surface area contributed by atoms with Gasteiger partial charge in [0.2, 0.25) is 0 Å². The van der Waals surface area contributed by atoms with Crippen molar-refractivity contribution in [1.29, 1.82) is 0 Å². The van der Waals surface area contributed by atoms with Crippen LogP contribution in [0.4, 0.5) is 0 Å². The lowest BCUT2D eigenvalue weighted by Crippen LogP contribution is -2.37. The van der Waals surface area contributed by atoms with Crippen LogP contribution < -0.4 is 0 Å². The predicted molar refractivity (Wildman–Crippen MR) is 78.4 cm³/mol. The Bertz CT molecular complexity index is 575. The minimum atomic E-state index is -1.16. The van der Waals surface area contributed by atoms with Crippen molar-refractivity contribution < 1.29 is 14.7 Å². The molecular weight excluding hydrogens is 266 g/mol. The van der Waals surface area contributed by atoms with Crippen LogP contribution in [0.25, 0.3) is 0 Å². The van der Waals surface area contributed by atoms with Crippen molar-refractivity contribution in [3.05, 3.63) is 53.4 Å². The van der Waals surface area contributed by atoms with Crippen molar-refractivity contribution in [3.63, 3.8) is 0 Å². The van der Waals surface area contributed by atoms with Gasteiger partial charge in [0.25, 0.3) is 0 Å². The number of hydrogen-bond donors (Lipinski definition) is 2. The average molecular weight is 287 g/mol. The number of aliphatic hydroxyl groups is 2. The van der Waals surface area contributed by atoms with Crippen molar-refractivity contribution in [2.75, 3.05) is 0 Å². The molecule has 1 aromatic heterocycles. The molecule has 3 rings (SSSR count). The SMILES string of the molecule is OCc1cc(C(O)(c2ccccc2)C2CCCCC2)on1. The Morgan fingerprint density at radius 1 is 1.14 bits per heavy atom. The van der Waals surface area contributed by atoms with Gasteiger partial charge >= 0.3 is 0 Å². The summed E-state index contributed by atoms with van der Waals surface area (Å²) in [6, 6.07) is 11.3. The van der Waals surface area contributed by atoms with E-state index in [1.807, 2.05) is 30.3 Å². The molecule has 0 aliphatic heterocycles. The maximum Gasteiger partial charge on any atom is 0.173 e. The molecule has 2 N–H and O–H groups in total. The summed E-state index contributed by atoms with van der Waals surface area (Å²) in [6.45, 7) is -0.182. The molecule has 1 aliphatic rings. The third kappa shape index (κ3) is 2.61. The number of benzene rings is 1. The van der Waals surface area contributed by atoms with Crippen LogP contribution in [0.3, 0.4) is 0 Å². The lowest BCUT2D eigenvalue weighted by molar-refractivity contribution is -0.0227. The zero-order valence-electron chi connectivity index (χ0n) is 12.0. The maximum atomic E-state index is 11.5. The Balaban J connectivity index is 2.05. The number of hydrogen-bond acceptors (Lipinski definition) is 4. The molecule has 1 fully saturated rings. The molecule has 1 aromatic carbocycles. The van der Waals surface area contributed by atoms with Crippen molar-refractivity contribution in [3.8, 4) is 0 Å². The Morgan fingerprint density at radius 2 is 1.86 bits per heavy atom. The monoisotopic (exact) mass is 287 g/mol. The number of aliphatic hydroxyl groups excluding tert-OH is 1. The highest BCUT2D eigenvalue weighted by Crippen LogP contribution is 2.44. The van der Waals surface area contributed by atoms with Crippen LogP contribution in [-0.2, 0) is 12.2 Å². The first kappa shape index (κ1) is 14.3. The molecule has 2 aromatic rings. The van der Waals surface area contributed by atoms with Gasteiger partial charge in [0.15, 0.2) is 11.4 Å². The third-order valence-electron chi connectivity index (χ3n) is 4.51. The zero-order chi connectivity index (χ0) is 14.7. The lowest BCUT2D eigenvalue weighted by Gasteiger charge is -2.37. The van der Waals surface area contributed by atoms with Crippen LogP contribution in [0.5, 0.6) is 0 Å². The molecule has 1 saturated carbocycles. The van der Waals surface area contributed by atoms with Gasteiger partial charge in [-0.15, -0.1) is 0 Å². The van der Waals surface area contributed by atoms with Crippen LogP contribution in [0.2, 0.25) is 0 Å². The van der Waals surface area contributed by atoms with E-state index in [1.54, 1.807) is 6.07 Å². The highest BCUT2D eigenvalue weighted by molar-refractivity contribution is 5.32. The average Bonchev–Trinajstić information content (AvgIpc) is 3.05. The second-order valence-corrected chi connectivity index (χ2v) is 5.81. The molecule has 1 atom stereocenters. The van der Waals surface area contributed by atoms with E-state index in [4.69, 9.17) is 4.52 Å². The van der Waals surface area contributed by atoms with E-state index in [2.05, 4.69) is 5.16 Å². The normalized spacial score (nSPS) is 19.3. The summed E-state index contributed by atoms with van der Waals surface area (Å²) in [6.07, 6.45) is 5.42. The van der Waals surface area contributed by atoms with Gasteiger partial charge in [0, 0.05) is 6.07 Å². The Labute approximate surface area is 124 Å². The molecule has 0 saturated heterocycles. The highest BCUT2D eigenvalue weighted by Gasteiger charge is 2.43. The number of nitrogens with zero attached hydrogens (tertiary/aromatic N) is 1. The van der Waals surface area contributed by atoms with Gasteiger partial charge in [0.05, 0.1) is 6.61 Å². The number of aromatic nitrogens is 1. The molecule has 0 amide bonds. The Kier molecular flexibility index (Phi) is 4.08. The molecule has 4 nitrogen and oxygen atoms in total. The third-order valence-corrected chi connectivity index (χ3v) is 4.51. The number of rotatable bonds is 4. The summed E-state index contributed by atoms with van der Waals surface area (Å²) < 4.78 is 5.37. The van der Waals surface area contributed by atoms with Gasteiger partial charge < -0.3 is 14.7 Å². The maximum absolute atomic E-state index is 11.5. The summed E-state index contributed by atoms with van der Waals surface area (Å²) in [5.74, 6) is 0.554. The van der Waals surface area contributed by atoms with Crippen molar-refractivity contribution in [1.82, 2.24) is 5.16 Å². The van der Waals surface area contributed by atoms with Crippen molar-refractivity contribution >= 4 is 0 Å². The standard InChI is InChI=1S/C17H21NO3/c19-12-15-11-16(21-18-15)17(20,13-7-3-1-4-8-13)14-9-5-2-6-10-14/h1,3-4,7-8,11,14,19-20H,2,5-6,9-10,12H2. The van der Waals surface area contributed by atoms with E-state index in [0.717, 1.165) is 31.2 Å². The van der Waals surface area contributed by atoms with Gasteiger partial charge in [-0.25, -0.2) is 0 Å². The second kappa shape index (κ2) is 6.00. The molecule has 4 heteroatoms. The lowest BCUT2D eigenvalue weighted by atomic mass is 9.72. The zero-order valence-corrected chi connectivity index (χ0v) is 12.0. The molecule has 0 bridgehead atoms. The first-order chi connectivity index (χ1) is 10.2. The van der Waals surface area contributed by atoms with Crippen LogP contribution >= 0.6 is 0 Å². The Hall–Kier alpha value is -1.65. The van der Waals surface area contributed by atoms with E-state index in [9.17, 15) is 10.2 Å². The first-order valence-corrected chi connectivity index (χ1v) is 7.60. The predicted octanol–water partition coefficient (Wildman–Crippen LogP) is 2.98. The molecular formula is C17H21NO3. The van der Waals surface area contributed by atoms with Crippen molar-refractivity contribution in [2.24, 2.45) is 5.92 Å². The van der Waals surface area contributed by atoms with Gasteiger partial charge in [-0.3, -0.25) is 0 Å². The molecule has 1 aliphatic carbocycles. The summed E-state index contributed by atoms with van der Waals surface area (Å²) in [5, 5.41) is 24.5. The second-order valence-electron chi connectivity index (χ2n) is 5.81. The first-order valence-electron chi connectivity index (χ1n) is 7.60. The fourth-order valence-electron chi connectivity index (χ4n) is 3.36. The molecule has 112 valence electrons. The minimum absolute atomic E-state index is 0.119. The highest BCUT2D eigenvalue weighted by atomic mass is 16.5. The van der Waals surface area contributed by atoms with Gasteiger partial charge in [-0.1, -0.05) is 54.8 Å². The van der Waals surface area contributed by atoms with Gasteiger partial charge in [-0.2, -0.15) is 0 Å². The topological polar surface area (TPSA) is 66.5 Å². The largest absolute Gasteiger partial charge is 0.390 e. The summed E-state index contributed by atoms with van der Waals surface area (Å²) in [4.78, 5) is 0. The summed E-state index contributed by atoms with van der Waals surface area (Å²) >= 11 is 0. The molecule has 1 unspecified atom stereocenters. The fraction of sp³-hybridized carbons (Fsp3) is 0.471. The Morgan fingerprint density at radius 3 is 2.48 bits per heavy atom. The van der Waals surface area contributed by atoms with E-state index < -0.39 is 5.60 Å². The molecule has 0 radical (unpaired) electrons. The van der Waals surface area contributed by atoms with E-state index >= 15 is 0 Å². The van der Waals surface area contributed by atoms with Crippen LogP contribution in [0, 0.1) is 5.92 Å². The van der Waals surface area contributed by atoms with Crippen molar-refractivity contribution in [2.45, 2.75) is 44.3 Å². The van der Waals surface area contributed by atoms with Crippen LogP contribution in [0.15, 0.2) is 40.9 Å². The summed E-state index contributed by atoms with van der Waals surface area (Å²) in [7, 11) is 0. The molecule has 0 spiro atoms. The molecule has 1 heterocycles. The van der Waals surface area contributed by atoms with E-state index in [0.29, 0.717) is 11.5 Å². The smallest absolute Gasteiger partial charge is 0.173 e. The summed E-state index contributed by atoms with van der Waals surface area (Å²) in [5.41, 5.74) is 0.120. The fourth-order valence-corrected chi connectivity index (χ4v) is 3.36. The minimum Gasteiger partial charge on any atom is -0.390 e. The van der Waals surface area contributed by atoms with Crippen LogP contribution in [0.1, 0.15) is 49.1 Å². The van der Waals surface area contributed by atoms with E-state index in [-0.39, 0.29) is 12.5 Å². The quantitative estimate of drug-likeness (QED) is 0.907. The van der Waals surface area contributed by atoms with Gasteiger partial charge in [0.1, 0.15) is 5.69 Å². The van der Waals surface area contributed by atoms with Crippen LogP contribution in [-0.4, -0.2) is 15.4 Å².